The second-order valence-electron chi connectivity index (χ2n) is 14.4. The molecular formula is C53H84O4. The average Bonchev–Trinajstić information content (AvgIpc) is 3.22. The molecule has 1 atom stereocenters. The predicted octanol–water partition coefficient (Wildman–Crippen LogP) is 15.4. The van der Waals surface area contributed by atoms with Crippen molar-refractivity contribution in [1.29, 1.82) is 0 Å². The number of ether oxygens (including phenoxy) is 2. The van der Waals surface area contributed by atoms with Gasteiger partial charge in [0.25, 0.3) is 0 Å². The lowest BCUT2D eigenvalue weighted by molar-refractivity contribution is -0.154. The monoisotopic (exact) mass is 785 g/mol. The van der Waals surface area contributed by atoms with E-state index in [2.05, 4.69) is 148 Å². The molecule has 0 bridgehead atoms. The molecular weight excluding hydrogens is 701 g/mol. The minimum Gasteiger partial charge on any atom is -0.457 e. The van der Waals surface area contributed by atoms with Crippen LogP contribution in [-0.4, -0.2) is 37.0 Å². The number of esters is 1. The van der Waals surface area contributed by atoms with Gasteiger partial charge in [-0.05, 0) is 109 Å². The number of aliphatic hydroxyl groups is 1. The maximum Gasteiger partial charge on any atom is 0.306 e. The van der Waals surface area contributed by atoms with Crippen LogP contribution in [0.15, 0.2) is 134 Å². The third kappa shape index (κ3) is 46.8. The first-order valence-electron chi connectivity index (χ1n) is 22.8. The maximum atomic E-state index is 12.2. The van der Waals surface area contributed by atoms with Crippen molar-refractivity contribution in [1.82, 2.24) is 0 Å². The van der Waals surface area contributed by atoms with E-state index in [9.17, 15) is 9.90 Å². The number of rotatable bonds is 40. The molecule has 57 heavy (non-hydrogen) atoms. The van der Waals surface area contributed by atoms with E-state index in [4.69, 9.17) is 9.47 Å². The fraction of sp³-hybridized carbons (Fsp3) is 0.566. The summed E-state index contributed by atoms with van der Waals surface area (Å²) in [4.78, 5) is 12.2. The molecule has 0 amide bonds. The van der Waals surface area contributed by atoms with Crippen molar-refractivity contribution in [3.8, 4) is 0 Å². The lowest BCUT2D eigenvalue weighted by Gasteiger charge is -2.15. The van der Waals surface area contributed by atoms with Crippen LogP contribution < -0.4 is 0 Å². The van der Waals surface area contributed by atoms with Crippen LogP contribution in [0.3, 0.4) is 0 Å². The minimum atomic E-state index is -0.567. The van der Waals surface area contributed by atoms with Crippen LogP contribution in [0.2, 0.25) is 0 Å². The number of aliphatic hydroxyl groups excluding tert-OH is 1. The van der Waals surface area contributed by atoms with Crippen molar-refractivity contribution in [2.24, 2.45) is 0 Å². The van der Waals surface area contributed by atoms with Crippen molar-refractivity contribution in [2.45, 2.75) is 174 Å². The first-order valence-corrected chi connectivity index (χ1v) is 22.8. The van der Waals surface area contributed by atoms with Crippen LogP contribution in [0.4, 0.5) is 0 Å². The van der Waals surface area contributed by atoms with Crippen LogP contribution in [0, 0.1) is 0 Å². The van der Waals surface area contributed by atoms with Gasteiger partial charge in [0.15, 0.2) is 0 Å². The van der Waals surface area contributed by atoms with Crippen molar-refractivity contribution < 1.29 is 19.4 Å². The van der Waals surface area contributed by atoms with Gasteiger partial charge in [0.05, 0.1) is 13.2 Å². The molecule has 1 unspecified atom stereocenters. The van der Waals surface area contributed by atoms with Crippen LogP contribution >= 0.6 is 0 Å². The summed E-state index contributed by atoms with van der Waals surface area (Å²) >= 11 is 0. The normalized spacial score (nSPS) is 13.7. The van der Waals surface area contributed by atoms with E-state index in [0.29, 0.717) is 13.0 Å². The highest BCUT2D eigenvalue weighted by atomic mass is 16.6. The van der Waals surface area contributed by atoms with Gasteiger partial charge in [0, 0.05) is 13.0 Å². The largest absolute Gasteiger partial charge is 0.457 e. The minimum absolute atomic E-state index is 0.198. The zero-order valence-electron chi connectivity index (χ0n) is 36.5. The smallest absolute Gasteiger partial charge is 0.306 e. The van der Waals surface area contributed by atoms with Gasteiger partial charge >= 0.3 is 5.97 Å². The Kier molecular flexibility index (Phi) is 45.7. The zero-order valence-corrected chi connectivity index (χ0v) is 36.5. The Balaban J connectivity index is 3.60. The lowest BCUT2D eigenvalue weighted by Crippen LogP contribution is -2.27. The number of unbranched alkanes of at least 4 members (excludes halogenated alkanes) is 10. The summed E-state index contributed by atoms with van der Waals surface area (Å²) in [6.07, 6.45) is 73.7. The quantitative estimate of drug-likeness (QED) is 0.0382. The molecule has 0 aromatic carbocycles. The number of hydrogen-bond acceptors (Lipinski definition) is 4. The molecule has 1 N–H and O–H groups in total. The van der Waals surface area contributed by atoms with Gasteiger partial charge in [-0.1, -0.05) is 186 Å². The molecule has 4 heteroatoms. The molecule has 0 spiro atoms. The second-order valence-corrected chi connectivity index (χ2v) is 14.4. The molecule has 0 aliphatic carbocycles. The van der Waals surface area contributed by atoms with Crippen LogP contribution in [-0.2, 0) is 14.3 Å². The molecule has 0 heterocycles. The van der Waals surface area contributed by atoms with Gasteiger partial charge in [-0.2, -0.15) is 0 Å². The van der Waals surface area contributed by atoms with Crippen LogP contribution in [0.5, 0.6) is 0 Å². The zero-order chi connectivity index (χ0) is 41.2. The second kappa shape index (κ2) is 48.7. The molecule has 0 radical (unpaired) electrons. The summed E-state index contributed by atoms with van der Waals surface area (Å²) in [6, 6.07) is 0. The Morgan fingerprint density at radius 1 is 0.421 bits per heavy atom. The molecule has 0 aliphatic heterocycles. The fourth-order valence-corrected chi connectivity index (χ4v) is 5.65. The van der Waals surface area contributed by atoms with Gasteiger partial charge in [0.1, 0.15) is 6.10 Å². The van der Waals surface area contributed by atoms with E-state index in [1.165, 1.54) is 32.1 Å². The Morgan fingerprint density at radius 2 is 0.737 bits per heavy atom. The van der Waals surface area contributed by atoms with Gasteiger partial charge in [-0.25, -0.2) is 0 Å². The van der Waals surface area contributed by atoms with E-state index >= 15 is 0 Å². The van der Waals surface area contributed by atoms with E-state index < -0.39 is 6.10 Å². The van der Waals surface area contributed by atoms with Crippen molar-refractivity contribution in [2.75, 3.05) is 19.8 Å². The molecule has 0 saturated heterocycles. The summed E-state index contributed by atoms with van der Waals surface area (Å²) in [5.41, 5.74) is 0. The highest BCUT2D eigenvalue weighted by molar-refractivity contribution is 5.69. The van der Waals surface area contributed by atoms with Crippen molar-refractivity contribution in [3.63, 3.8) is 0 Å². The first kappa shape index (κ1) is 53.5. The molecule has 0 aromatic rings. The number of allylic oxidation sites excluding steroid dienone is 22. The summed E-state index contributed by atoms with van der Waals surface area (Å²) in [5.74, 6) is -0.231. The topological polar surface area (TPSA) is 55.8 Å². The van der Waals surface area contributed by atoms with E-state index in [0.717, 1.165) is 116 Å². The van der Waals surface area contributed by atoms with Gasteiger partial charge in [-0.3, -0.25) is 4.79 Å². The van der Waals surface area contributed by atoms with E-state index in [1.807, 2.05) is 0 Å². The SMILES string of the molecule is CC/C=C\C/C=C\C/C=C\C/C=C\C/C=C\C/C=C\C/C=C\CCCCCCOCC(CO)OC(=O)CCCCCCCC/C=C\C/C=C\C/C=C\C/C=C\CC. The summed E-state index contributed by atoms with van der Waals surface area (Å²) in [5, 5.41) is 9.62. The van der Waals surface area contributed by atoms with Gasteiger partial charge < -0.3 is 14.6 Å². The van der Waals surface area contributed by atoms with Crippen LogP contribution in [0.25, 0.3) is 0 Å². The molecule has 4 nitrogen and oxygen atoms in total. The van der Waals surface area contributed by atoms with Gasteiger partial charge in [-0.15, -0.1) is 0 Å². The third-order valence-corrected chi connectivity index (χ3v) is 8.97. The summed E-state index contributed by atoms with van der Waals surface area (Å²) < 4.78 is 11.1. The highest BCUT2D eigenvalue weighted by Crippen LogP contribution is 2.11. The molecule has 0 aromatic heterocycles. The highest BCUT2D eigenvalue weighted by Gasteiger charge is 2.13. The predicted molar refractivity (Wildman–Crippen MR) is 250 cm³/mol. The standard InChI is InChI=1S/C53H84O4/c1-3-5-7-9-11-13-15-17-19-21-23-24-25-26-27-28-29-31-33-35-37-39-41-43-45-47-49-56-51-52(50-54)57-53(55)48-46-44-42-40-38-36-34-32-30-22-20-18-16-14-12-10-8-6-4-2/h5-8,11-14,17-20,23-24,26-27,29-32,35,37,52,54H,3-4,9-10,15-16,21-22,25,28,33-34,36,38-51H2,1-2H3/b7-5-,8-6-,13-11-,14-12-,19-17-,20-18-,24-23-,27-26-,31-29-,32-30-,37-35-. The average molecular weight is 785 g/mol. The molecule has 0 saturated carbocycles. The van der Waals surface area contributed by atoms with Crippen LogP contribution in [0.1, 0.15) is 168 Å². The maximum absolute atomic E-state index is 12.2. The Bertz CT molecular complexity index is 1190. The number of hydrogen-bond donors (Lipinski definition) is 1. The van der Waals surface area contributed by atoms with E-state index in [1.54, 1.807) is 0 Å². The lowest BCUT2D eigenvalue weighted by atomic mass is 10.1. The molecule has 0 aliphatic rings. The van der Waals surface area contributed by atoms with Gasteiger partial charge in [0.2, 0.25) is 0 Å². The Labute approximate surface area is 351 Å². The third-order valence-electron chi connectivity index (χ3n) is 8.97. The Hall–Kier alpha value is -3.47. The molecule has 0 rings (SSSR count). The first-order chi connectivity index (χ1) is 28.2. The van der Waals surface area contributed by atoms with Crippen molar-refractivity contribution in [3.05, 3.63) is 134 Å². The van der Waals surface area contributed by atoms with Crippen molar-refractivity contribution >= 4 is 5.97 Å². The summed E-state index contributed by atoms with van der Waals surface area (Å²) in [7, 11) is 0. The number of carbonyl (C=O) groups excluding carboxylic acids is 1. The molecule has 320 valence electrons. The number of carbonyl (C=O) groups is 1. The fourth-order valence-electron chi connectivity index (χ4n) is 5.65. The molecule has 0 fully saturated rings. The summed E-state index contributed by atoms with van der Waals surface area (Å²) in [6.45, 7) is 5.02. The Morgan fingerprint density at radius 3 is 1.11 bits per heavy atom. The van der Waals surface area contributed by atoms with E-state index in [-0.39, 0.29) is 19.2 Å².